The minimum atomic E-state index is -0.447. The lowest BCUT2D eigenvalue weighted by atomic mass is 9.78. The molecule has 0 aliphatic heterocycles. The van der Waals surface area contributed by atoms with Crippen molar-refractivity contribution in [2.45, 2.75) is 38.3 Å². The van der Waals surface area contributed by atoms with Crippen LogP contribution < -0.4 is 16.2 Å². The van der Waals surface area contributed by atoms with Crippen molar-refractivity contribution in [2.75, 3.05) is 5.32 Å². The van der Waals surface area contributed by atoms with Crippen LogP contribution in [0.1, 0.15) is 36.5 Å². The third-order valence-electron chi connectivity index (χ3n) is 4.56. The Morgan fingerprint density at radius 3 is 2.46 bits per heavy atom. The Bertz CT molecular complexity index is 886. The fourth-order valence-electron chi connectivity index (χ4n) is 2.89. The number of benzene rings is 1. The molecule has 26 heavy (non-hydrogen) atoms. The van der Waals surface area contributed by atoms with Gasteiger partial charge in [-0.3, -0.25) is 14.4 Å². The van der Waals surface area contributed by atoms with E-state index in [0.29, 0.717) is 5.69 Å². The molecule has 1 fully saturated rings. The average molecular weight is 357 g/mol. The molecule has 6 nitrogen and oxygen atoms in total. The van der Waals surface area contributed by atoms with Gasteiger partial charge in [0.05, 0.1) is 5.56 Å². The molecule has 2 aromatic rings. The Morgan fingerprint density at radius 1 is 1.15 bits per heavy atom. The normalized spacial score (nSPS) is 15.0. The Kier molecular flexibility index (Phi) is 4.88. The van der Waals surface area contributed by atoms with Crippen molar-refractivity contribution < 1.29 is 14.0 Å². The number of halogens is 1. The molecule has 0 bridgehead atoms. The van der Waals surface area contributed by atoms with Gasteiger partial charge in [-0.15, -0.1) is 0 Å². The van der Waals surface area contributed by atoms with Crippen molar-refractivity contribution in [2.24, 2.45) is 0 Å². The van der Waals surface area contributed by atoms with Crippen LogP contribution in [0.4, 0.5) is 10.1 Å². The molecule has 0 unspecified atom stereocenters. The van der Waals surface area contributed by atoms with Crippen LogP contribution in [0.25, 0.3) is 0 Å². The standard InChI is InChI=1S/C19H20FN3O3/c1-19(9-2-10-19)22-16(24)12-23-11-13(3-8-17(23)25)18(26)21-15-6-4-14(20)5-7-15/h3-8,11H,2,9-10,12H2,1H3,(H,21,26)(H,22,24). The predicted octanol–water partition coefficient (Wildman–Crippen LogP) is 2.30. The van der Waals surface area contributed by atoms with Crippen LogP contribution in [0.2, 0.25) is 0 Å². The fraction of sp³-hybridized carbons (Fsp3) is 0.316. The maximum absolute atomic E-state index is 12.9. The molecule has 0 radical (unpaired) electrons. The Hall–Kier alpha value is -2.96. The first-order valence-electron chi connectivity index (χ1n) is 8.43. The molecule has 2 amide bonds. The monoisotopic (exact) mass is 357 g/mol. The van der Waals surface area contributed by atoms with Gasteiger partial charge in [-0.1, -0.05) is 0 Å². The van der Waals surface area contributed by atoms with E-state index in [1.165, 1.54) is 47.2 Å². The fourth-order valence-corrected chi connectivity index (χ4v) is 2.89. The van der Waals surface area contributed by atoms with Gasteiger partial charge in [0.2, 0.25) is 5.91 Å². The number of hydrogen-bond acceptors (Lipinski definition) is 3. The van der Waals surface area contributed by atoms with Gasteiger partial charge >= 0.3 is 0 Å². The summed E-state index contributed by atoms with van der Waals surface area (Å²) in [6.07, 6.45) is 4.28. The smallest absolute Gasteiger partial charge is 0.257 e. The predicted molar refractivity (Wildman–Crippen MR) is 95.5 cm³/mol. The van der Waals surface area contributed by atoms with Crippen molar-refractivity contribution in [1.82, 2.24) is 9.88 Å². The van der Waals surface area contributed by atoms with Crippen LogP contribution in [-0.2, 0) is 11.3 Å². The molecule has 7 heteroatoms. The molecular formula is C19H20FN3O3. The second-order valence-corrected chi connectivity index (χ2v) is 6.81. The number of anilines is 1. The number of pyridine rings is 1. The summed E-state index contributed by atoms with van der Waals surface area (Å²) < 4.78 is 14.1. The summed E-state index contributed by atoms with van der Waals surface area (Å²) in [5.41, 5.74) is 0.108. The minimum absolute atomic E-state index is 0.147. The topological polar surface area (TPSA) is 80.2 Å². The second-order valence-electron chi connectivity index (χ2n) is 6.81. The zero-order valence-corrected chi connectivity index (χ0v) is 14.4. The van der Waals surface area contributed by atoms with Crippen LogP contribution in [-0.4, -0.2) is 21.9 Å². The van der Waals surface area contributed by atoms with E-state index in [1.54, 1.807) is 0 Å². The number of aromatic nitrogens is 1. The highest BCUT2D eigenvalue weighted by Crippen LogP contribution is 2.30. The lowest BCUT2D eigenvalue weighted by Crippen LogP contribution is -2.52. The zero-order chi connectivity index (χ0) is 18.7. The molecule has 136 valence electrons. The summed E-state index contributed by atoms with van der Waals surface area (Å²) in [4.78, 5) is 36.5. The molecule has 1 aliphatic rings. The average Bonchev–Trinajstić information content (AvgIpc) is 2.57. The molecule has 1 aliphatic carbocycles. The van der Waals surface area contributed by atoms with Crippen LogP contribution in [0.15, 0.2) is 47.4 Å². The number of nitrogens with zero attached hydrogens (tertiary/aromatic N) is 1. The molecule has 2 N–H and O–H groups in total. The van der Waals surface area contributed by atoms with Crippen molar-refractivity contribution in [3.05, 3.63) is 64.3 Å². The molecule has 1 saturated carbocycles. The molecule has 1 aromatic carbocycles. The molecule has 1 heterocycles. The Balaban J connectivity index is 1.70. The van der Waals surface area contributed by atoms with E-state index in [1.807, 2.05) is 6.92 Å². The number of hydrogen-bond donors (Lipinski definition) is 2. The maximum Gasteiger partial charge on any atom is 0.257 e. The van der Waals surface area contributed by atoms with Crippen LogP contribution in [0.3, 0.4) is 0 Å². The molecule has 3 rings (SSSR count). The third kappa shape index (κ3) is 4.17. The van der Waals surface area contributed by atoms with Crippen molar-refractivity contribution in [1.29, 1.82) is 0 Å². The number of amides is 2. The summed E-state index contributed by atoms with van der Waals surface area (Å²) in [5.74, 6) is -1.11. The van der Waals surface area contributed by atoms with Gasteiger partial charge in [0.1, 0.15) is 12.4 Å². The zero-order valence-electron chi connectivity index (χ0n) is 14.4. The first-order valence-corrected chi connectivity index (χ1v) is 8.43. The van der Waals surface area contributed by atoms with Crippen molar-refractivity contribution >= 4 is 17.5 Å². The van der Waals surface area contributed by atoms with Gasteiger partial charge in [0, 0.05) is 23.5 Å². The number of nitrogens with one attached hydrogen (secondary N) is 2. The van der Waals surface area contributed by atoms with Crippen LogP contribution in [0, 0.1) is 5.82 Å². The maximum atomic E-state index is 12.9. The van der Waals surface area contributed by atoms with E-state index in [2.05, 4.69) is 10.6 Å². The second kappa shape index (κ2) is 7.11. The molecular weight excluding hydrogens is 337 g/mol. The van der Waals surface area contributed by atoms with Gasteiger partial charge in [-0.2, -0.15) is 0 Å². The summed E-state index contributed by atoms with van der Waals surface area (Å²) in [5, 5.41) is 5.55. The molecule has 1 aromatic heterocycles. The Morgan fingerprint density at radius 2 is 1.85 bits per heavy atom. The molecule has 0 spiro atoms. The Labute approximate surface area is 150 Å². The van der Waals surface area contributed by atoms with E-state index in [9.17, 15) is 18.8 Å². The first kappa shape index (κ1) is 17.8. The van der Waals surface area contributed by atoms with Crippen molar-refractivity contribution in [3.8, 4) is 0 Å². The quantitative estimate of drug-likeness (QED) is 0.862. The summed E-state index contributed by atoms with van der Waals surface area (Å²) in [7, 11) is 0. The van der Waals surface area contributed by atoms with E-state index in [-0.39, 0.29) is 29.1 Å². The summed E-state index contributed by atoms with van der Waals surface area (Å²) >= 11 is 0. The molecule has 0 atom stereocenters. The van der Waals surface area contributed by atoms with E-state index < -0.39 is 11.7 Å². The summed E-state index contributed by atoms with van der Waals surface area (Å²) in [6.45, 7) is 1.83. The number of carbonyl (C=O) groups excluding carboxylic acids is 2. The van der Waals surface area contributed by atoms with E-state index in [4.69, 9.17) is 0 Å². The molecule has 0 saturated heterocycles. The van der Waals surface area contributed by atoms with Gasteiger partial charge in [-0.05, 0) is 56.5 Å². The SMILES string of the molecule is CC1(NC(=O)Cn2cc(C(=O)Nc3ccc(F)cc3)ccc2=O)CCC1. The lowest BCUT2D eigenvalue weighted by molar-refractivity contribution is -0.124. The van der Waals surface area contributed by atoms with Gasteiger partial charge in [0.25, 0.3) is 11.5 Å². The lowest BCUT2D eigenvalue weighted by Gasteiger charge is -2.39. The van der Waals surface area contributed by atoms with Crippen LogP contribution >= 0.6 is 0 Å². The highest BCUT2D eigenvalue weighted by atomic mass is 19.1. The van der Waals surface area contributed by atoms with Gasteiger partial charge < -0.3 is 15.2 Å². The minimum Gasteiger partial charge on any atom is -0.349 e. The van der Waals surface area contributed by atoms with E-state index in [0.717, 1.165) is 19.3 Å². The van der Waals surface area contributed by atoms with E-state index >= 15 is 0 Å². The largest absolute Gasteiger partial charge is 0.349 e. The first-order chi connectivity index (χ1) is 12.3. The van der Waals surface area contributed by atoms with Crippen molar-refractivity contribution in [3.63, 3.8) is 0 Å². The van der Waals surface area contributed by atoms with Crippen LogP contribution in [0.5, 0.6) is 0 Å². The van der Waals surface area contributed by atoms with Gasteiger partial charge in [-0.25, -0.2) is 4.39 Å². The highest BCUT2D eigenvalue weighted by molar-refractivity contribution is 6.04. The van der Waals surface area contributed by atoms with Gasteiger partial charge in [0.15, 0.2) is 0 Å². The number of carbonyl (C=O) groups is 2. The third-order valence-corrected chi connectivity index (χ3v) is 4.56. The summed E-state index contributed by atoms with van der Waals surface area (Å²) in [6, 6.07) is 8.00. The number of rotatable bonds is 5. The highest BCUT2D eigenvalue weighted by Gasteiger charge is 2.33.